The van der Waals surface area contributed by atoms with Gasteiger partial charge in [-0.1, -0.05) is 13.8 Å². The SMILES string of the molecule is CC.CCn1c(=O)n(CCCOC2CCCCO2)c(=O)c2c1ncn2COCCS(C)(C)C. The Bertz CT molecular complexity index is 970. The lowest BCUT2D eigenvalue weighted by molar-refractivity contribution is -0.163. The van der Waals surface area contributed by atoms with Gasteiger partial charge in [0.25, 0.3) is 5.56 Å². The largest absolute Gasteiger partial charge is 0.360 e. The highest BCUT2D eigenvalue weighted by Crippen LogP contribution is 2.33. The molecule has 1 unspecified atom stereocenters. The highest BCUT2D eigenvalue weighted by Gasteiger charge is 2.18. The zero-order chi connectivity index (χ0) is 24.4. The summed E-state index contributed by atoms with van der Waals surface area (Å²) in [6, 6.07) is 0. The molecule has 1 aliphatic heterocycles. The van der Waals surface area contributed by atoms with Crippen LogP contribution >= 0.6 is 10.0 Å². The first kappa shape index (κ1) is 27.6. The van der Waals surface area contributed by atoms with E-state index in [0.29, 0.717) is 43.9 Å². The van der Waals surface area contributed by atoms with Gasteiger partial charge in [0.15, 0.2) is 17.5 Å². The Kier molecular flexibility index (Phi) is 11.1. The third kappa shape index (κ3) is 7.70. The lowest BCUT2D eigenvalue weighted by Crippen LogP contribution is -2.40. The minimum absolute atomic E-state index is 0.172. The first-order valence-electron chi connectivity index (χ1n) is 12.0. The van der Waals surface area contributed by atoms with Gasteiger partial charge in [0.05, 0.1) is 19.5 Å². The standard InChI is InChI=1S/C21H36N4O5S.C2H6/c1-5-24-19-18(23(15-22-19)16-28-13-14-31(2,3)4)20(26)25(21(24)27)10-8-12-30-17-9-6-7-11-29-17;1-2/h15,17H,5-14,16H2,1-4H3;1-2H3. The molecule has 0 saturated carbocycles. The Morgan fingerprint density at radius 2 is 1.91 bits per heavy atom. The van der Waals surface area contributed by atoms with Gasteiger partial charge in [-0.25, -0.2) is 19.8 Å². The van der Waals surface area contributed by atoms with Gasteiger partial charge in [0.2, 0.25) is 0 Å². The lowest BCUT2D eigenvalue weighted by atomic mass is 10.2. The molecule has 0 aliphatic carbocycles. The van der Waals surface area contributed by atoms with Gasteiger partial charge in [-0.3, -0.25) is 13.9 Å². The number of ether oxygens (including phenoxy) is 3. The number of fused-ring (bicyclic) bond motifs is 1. The fourth-order valence-electron chi connectivity index (χ4n) is 3.57. The van der Waals surface area contributed by atoms with Crippen LogP contribution in [0.3, 0.4) is 0 Å². The first-order valence-corrected chi connectivity index (χ1v) is 15.0. The zero-order valence-corrected chi connectivity index (χ0v) is 22.0. The molecule has 2 aromatic rings. The van der Waals surface area contributed by atoms with Crippen LogP contribution in [0, 0.1) is 0 Å². The Balaban J connectivity index is 0.00000187. The molecule has 33 heavy (non-hydrogen) atoms. The van der Waals surface area contributed by atoms with Crippen LogP contribution in [-0.4, -0.2) is 69.3 Å². The smallest absolute Gasteiger partial charge is 0.332 e. The van der Waals surface area contributed by atoms with E-state index in [1.165, 1.54) is 9.13 Å². The summed E-state index contributed by atoms with van der Waals surface area (Å²) in [4.78, 5) is 30.4. The third-order valence-corrected chi connectivity index (χ3v) is 6.73. The summed E-state index contributed by atoms with van der Waals surface area (Å²) in [5, 5.41) is 0. The van der Waals surface area contributed by atoms with E-state index < -0.39 is 10.0 Å². The summed E-state index contributed by atoms with van der Waals surface area (Å²) in [5.41, 5.74) is 0.143. The molecule has 0 N–H and O–H groups in total. The predicted octanol–water partition coefficient (Wildman–Crippen LogP) is 3.01. The minimum Gasteiger partial charge on any atom is -0.360 e. The first-order chi connectivity index (χ1) is 15.8. The summed E-state index contributed by atoms with van der Waals surface area (Å²) in [7, 11) is -0.642. The van der Waals surface area contributed by atoms with Crippen molar-refractivity contribution in [1.29, 1.82) is 0 Å². The van der Waals surface area contributed by atoms with Crippen molar-refractivity contribution in [2.75, 3.05) is 44.3 Å². The van der Waals surface area contributed by atoms with E-state index >= 15 is 0 Å². The third-order valence-electron chi connectivity index (χ3n) is 5.34. The molecule has 0 aromatic carbocycles. The molecule has 10 heteroatoms. The zero-order valence-electron chi connectivity index (χ0n) is 21.2. The molecule has 0 amide bonds. The van der Waals surface area contributed by atoms with Crippen molar-refractivity contribution in [2.24, 2.45) is 0 Å². The van der Waals surface area contributed by atoms with Crippen LogP contribution in [0.1, 0.15) is 46.5 Å². The van der Waals surface area contributed by atoms with Gasteiger partial charge < -0.3 is 18.8 Å². The maximum Gasteiger partial charge on any atom is 0.332 e. The molecule has 2 aromatic heterocycles. The van der Waals surface area contributed by atoms with Gasteiger partial charge in [-0.05, 0) is 51.4 Å². The van der Waals surface area contributed by atoms with Crippen molar-refractivity contribution in [3.63, 3.8) is 0 Å². The van der Waals surface area contributed by atoms with Crippen molar-refractivity contribution >= 4 is 21.2 Å². The maximum absolute atomic E-state index is 13.2. The summed E-state index contributed by atoms with van der Waals surface area (Å²) in [6.07, 6.45) is 11.8. The van der Waals surface area contributed by atoms with E-state index in [1.54, 1.807) is 10.9 Å². The van der Waals surface area contributed by atoms with E-state index in [4.69, 9.17) is 14.2 Å². The summed E-state index contributed by atoms with van der Waals surface area (Å²) in [5.74, 6) is 0.994. The lowest BCUT2D eigenvalue weighted by Gasteiger charge is -2.24. The van der Waals surface area contributed by atoms with Gasteiger partial charge in [-0.2, -0.15) is 0 Å². The van der Waals surface area contributed by atoms with Crippen molar-refractivity contribution < 1.29 is 14.2 Å². The number of aromatic nitrogens is 4. The summed E-state index contributed by atoms with van der Waals surface area (Å²) in [6.45, 7) is 8.64. The second-order valence-corrected chi connectivity index (χ2v) is 13.3. The van der Waals surface area contributed by atoms with Crippen LogP contribution in [-0.2, 0) is 34.0 Å². The van der Waals surface area contributed by atoms with Crippen LogP contribution in [0.25, 0.3) is 11.2 Å². The van der Waals surface area contributed by atoms with Gasteiger partial charge in [0.1, 0.15) is 6.73 Å². The second-order valence-electron chi connectivity index (χ2n) is 8.72. The number of aryl methyl sites for hydroxylation is 1. The fourth-order valence-corrected chi connectivity index (χ4v) is 4.19. The molecule has 0 radical (unpaired) electrons. The highest BCUT2D eigenvalue weighted by atomic mass is 32.3. The monoisotopic (exact) mass is 486 g/mol. The Morgan fingerprint density at radius 1 is 1.15 bits per heavy atom. The molecular formula is C23H42N4O5S. The topological polar surface area (TPSA) is 89.5 Å². The van der Waals surface area contributed by atoms with Crippen LogP contribution in [0.5, 0.6) is 0 Å². The van der Waals surface area contributed by atoms with Crippen LogP contribution in [0.15, 0.2) is 15.9 Å². The minimum atomic E-state index is -0.642. The molecule has 3 rings (SSSR count). The van der Waals surface area contributed by atoms with Crippen LogP contribution in [0.2, 0.25) is 0 Å². The molecule has 1 fully saturated rings. The average molecular weight is 487 g/mol. The number of hydrogen-bond donors (Lipinski definition) is 0. The van der Waals surface area contributed by atoms with Crippen LogP contribution in [0.4, 0.5) is 0 Å². The van der Waals surface area contributed by atoms with Gasteiger partial charge >= 0.3 is 5.69 Å². The van der Waals surface area contributed by atoms with E-state index in [2.05, 4.69) is 23.8 Å². The Morgan fingerprint density at radius 3 is 2.55 bits per heavy atom. The number of nitrogens with zero attached hydrogens (tertiary/aromatic N) is 4. The molecular weight excluding hydrogens is 444 g/mol. The van der Waals surface area contributed by atoms with Crippen molar-refractivity contribution in [2.45, 2.75) is 72.6 Å². The molecule has 1 saturated heterocycles. The Hall–Kier alpha value is -1.62. The van der Waals surface area contributed by atoms with E-state index in [1.807, 2.05) is 20.8 Å². The van der Waals surface area contributed by atoms with E-state index in [9.17, 15) is 9.59 Å². The summed E-state index contributed by atoms with van der Waals surface area (Å²) < 4.78 is 21.6. The predicted molar refractivity (Wildman–Crippen MR) is 136 cm³/mol. The fraction of sp³-hybridized carbons (Fsp3) is 0.783. The highest BCUT2D eigenvalue weighted by molar-refractivity contribution is 8.32. The molecule has 0 bridgehead atoms. The molecule has 1 atom stereocenters. The van der Waals surface area contributed by atoms with E-state index in [0.717, 1.165) is 31.6 Å². The molecule has 9 nitrogen and oxygen atoms in total. The molecule has 3 heterocycles. The van der Waals surface area contributed by atoms with Crippen molar-refractivity contribution in [3.05, 3.63) is 27.2 Å². The normalized spacial score (nSPS) is 17.1. The van der Waals surface area contributed by atoms with Gasteiger partial charge in [-0.15, -0.1) is 0 Å². The van der Waals surface area contributed by atoms with E-state index in [-0.39, 0.29) is 24.3 Å². The number of imidazole rings is 1. The maximum atomic E-state index is 13.2. The summed E-state index contributed by atoms with van der Waals surface area (Å²) >= 11 is 0. The second kappa shape index (κ2) is 13.3. The van der Waals surface area contributed by atoms with Crippen LogP contribution < -0.4 is 11.2 Å². The Labute approximate surface area is 198 Å². The van der Waals surface area contributed by atoms with Crippen molar-refractivity contribution in [3.8, 4) is 0 Å². The number of rotatable bonds is 11. The quantitative estimate of drug-likeness (QED) is 0.454. The molecule has 190 valence electrons. The molecule has 0 spiro atoms. The number of hydrogen-bond acceptors (Lipinski definition) is 6. The van der Waals surface area contributed by atoms with Gasteiger partial charge in [0, 0.05) is 25.4 Å². The molecule has 1 aliphatic rings. The average Bonchev–Trinajstić information content (AvgIpc) is 3.22. The van der Waals surface area contributed by atoms with Crippen molar-refractivity contribution in [1.82, 2.24) is 18.7 Å².